The maximum Gasteiger partial charge on any atom is 0.283 e. The zero-order valence-electron chi connectivity index (χ0n) is 16.0. The third-order valence-corrected chi connectivity index (χ3v) is 5.26. The number of hydrogen-bond acceptors (Lipinski definition) is 5. The van der Waals surface area contributed by atoms with Gasteiger partial charge in [0, 0.05) is 5.56 Å². The van der Waals surface area contributed by atoms with Crippen LogP contribution in [0.15, 0.2) is 59.7 Å². The van der Waals surface area contributed by atoms with Crippen molar-refractivity contribution in [2.24, 2.45) is 5.10 Å². The van der Waals surface area contributed by atoms with E-state index >= 15 is 0 Å². The van der Waals surface area contributed by atoms with Gasteiger partial charge >= 0.3 is 0 Å². The number of hydrogen-bond donors (Lipinski definition) is 1. The lowest BCUT2D eigenvalue weighted by Gasteiger charge is -2.04. The van der Waals surface area contributed by atoms with Gasteiger partial charge in [-0.15, -0.1) is 11.3 Å². The van der Waals surface area contributed by atoms with Gasteiger partial charge in [0.2, 0.25) is 0 Å². The molecule has 28 heavy (non-hydrogen) atoms. The lowest BCUT2D eigenvalue weighted by Crippen LogP contribution is -2.17. The molecule has 1 amide bonds. The molecular weight excluding hydrogens is 370 g/mol. The fourth-order valence-corrected chi connectivity index (χ4v) is 3.47. The number of hydrazone groups is 1. The molecule has 2 aromatic carbocycles. The fraction of sp³-hybridized carbons (Fsp3) is 0.227. The standard InChI is InChI=1S/C22H23N3O2S/c1-3-4-14-27-19-12-10-17(11-13-19)15-23-25-21(26)20-16(2)24-22(28-20)18-8-6-5-7-9-18/h5-13,15H,3-4,14H2,1-2H3,(H,25,26)/b23-15+. The van der Waals surface area contributed by atoms with Crippen LogP contribution in [-0.2, 0) is 0 Å². The molecule has 0 aliphatic rings. The van der Waals surface area contributed by atoms with Crippen LogP contribution in [0.25, 0.3) is 10.6 Å². The summed E-state index contributed by atoms with van der Waals surface area (Å²) in [5.41, 5.74) is 5.16. The van der Waals surface area contributed by atoms with E-state index in [0.717, 1.165) is 41.3 Å². The minimum absolute atomic E-state index is 0.257. The summed E-state index contributed by atoms with van der Waals surface area (Å²) >= 11 is 1.36. The zero-order valence-corrected chi connectivity index (χ0v) is 16.8. The van der Waals surface area contributed by atoms with Gasteiger partial charge in [-0.1, -0.05) is 43.7 Å². The number of ether oxygens (including phenoxy) is 1. The van der Waals surface area contributed by atoms with Crippen molar-refractivity contribution in [1.29, 1.82) is 0 Å². The smallest absolute Gasteiger partial charge is 0.283 e. The van der Waals surface area contributed by atoms with Crippen LogP contribution in [0, 0.1) is 6.92 Å². The number of thiazole rings is 1. The second-order valence-corrected chi connectivity index (χ2v) is 7.27. The predicted octanol–water partition coefficient (Wildman–Crippen LogP) is 5.06. The van der Waals surface area contributed by atoms with Crippen LogP contribution in [0.3, 0.4) is 0 Å². The van der Waals surface area contributed by atoms with Gasteiger partial charge in [-0.3, -0.25) is 4.79 Å². The molecule has 1 heterocycles. The van der Waals surface area contributed by atoms with Gasteiger partial charge in [-0.2, -0.15) is 5.10 Å². The maximum atomic E-state index is 12.4. The van der Waals surface area contributed by atoms with Gasteiger partial charge in [0.05, 0.1) is 18.5 Å². The highest BCUT2D eigenvalue weighted by Crippen LogP contribution is 2.27. The third-order valence-electron chi connectivity index (χ3n) is 4.05. The van der Waals surface area contributed by atoms with Crippen molar-refractivity contribution < 1.29 is 9.53 Å². The predicted molar refractivity (Wildman–Crippen MR) is 114 cm³/mol. The molecule has 1 aromatic heterocycles. The molecule has 0 saturated carbocycles. The first kappa shape index (κ1) is 19.8. The van der Waals surface area contributed by atoms with Crippen LogP contribution in [0.5, 0.6) is 5.75 Å². The number of aromatic nitrogens is 1. The summed E-state index contributed by atoms with van der Waals surface area (Å²) in [6, 6.07) is 17.4. The molecule has 0 spiro atoms. The van der Waals surface area contributed by atoms with Crippen LogP contribution >= 0.6 is 11.3 Å². The minimum atomic E-state index is -0.257. The van der Waals surface area contributed by atoms with Crippen LogP contribution in [0.1, 0.15) is 40.7 Å². The first-order valence-electron chi connectivity index (χ1n) is 9.26. The third kappa shape index (κ3) is 5.27. The number of amides is 1. The second kappa shape index (κ2) is 9.80. The molecule has 0 unspecified atom stereocenters. The first-order chi connectivity index (χ1) is 13.7. The molecule has 0 saturated heterocycles. The molecule has 0 fully saturated rings. The van der Waals surface area contributed by atoms with Crippen LogP contribution in [0.4, 0.5) is 0 Å². The number of benzene rings is 2. The lowest BCUT2D eigenvalue weighted by molar-refractivity contribution is 0.0958. The number of nitrogens with zero attached hydrogens (tertiary/aromatic N) is 2. The van der Waals surface area contributed by atoms with Crippen molar-refractivity contribution in [3.63, 3.8) is 0 Å². The highest BCUT2D eigenvalue weighted by Gasteiger charge is 2.15. The Kier molecular flexibility index (Phi) is 6.92. The molecule has 144 valence electrons. The molecule has 0 aliphatic carbocycles. The summed E-state index contributed by atoms with van der Waals surface area (Å²) in [4.78, 5) is 17.5. The van der Waals surface area contributed by atoms with E-state index in [1.54, 1.807) is 6.21 Å². The van der Waals surface area contributed by atoms with Gasteiger partial charge in [0.1, 0.15) is 15.6 Å². The Morgan fingerprint density at radius 1 is 1.18 bits per heavy atom. The van der Waals surface area contributed by atoms with E-state index in [-0.39, 0.29) is 5.91 Å². The normalized spacial score (nSPS) is 10.9. The monoisotopic (exact) mass is 393 g/mol. The Bertz CT molecular complexity index is 934. The SMILES string of the molecule is CCCCOc1ccc(/C=N/NC(=O)c2sc(-c3ccccc3)nc2C)cc1. The average Bonchev–Trinajstić information content (AvgIpc) is 3.12. The van der Waals surface area contributed by atoms with Crippen molar-refractivity contribution in [3.05, 3.63) is 70.7 Å². The highest BCUT2D eigenvalue weighted by atomic mass is 32.1. The number of unbranched alkanes of at least 4 members (excludes halogenated alkanes) is 1. The van der Waals surface area contributed by atoms with Gasteiger partial charge < -0.3 is 4.74 Å². The Labute approximate surface area is 169 Å². The number of rotatable bonds is 8. The Morgan fingerprint density at radius 2 is 1.93 bits per heavy atom. The van der Waals surface area contributed by atoms with E-state index in [1.165, 1.54) is 11.3 Å². The van der Waals surface area contributed by atoms with Gasteiger partial charge in [0.25, 0.3) is 5.91 Å². The van der Waals surface area contributed by atoms with Crippen molar-refractivity contribution in [3.8, 4) is 16.3 Å². The molecule has 3 rings (SSSR count). The number of carbonyl (C=O) groups excluding carboxylic acids is 1. The molecule has 0 atom stereocenters. The largest absolute Gasteiger partial charge is 0.494 e. The summed E-state index contributed by atoms with van der Waals surface area (Å²) < 4.78 is 5.63. The second-order valence-electron chi connectivity index (χ2n) is 6.27. The minimum Gasteiger partial charge on any atom is -0.494 e. The Balaban J connectivity index is 1.59. The summed E-state index contributed by atoms with van der Waals surface area (Å²) in [6.45, 7) is 4.69. The van der Waals surface area contributed by atoms with Crippen LogP contribution in [0.2, 0.25) is 0 Å². The summed E-state index contributed by atoms with van der Waals surface area (Å²) in [5.74, 6) is 0.580. The van der Waals surface area contributed by atoms with Crippen molar-refractivity contribution >= 4 is 23.5 Å². The Hall–Kier alpha value is -2.99. The molecule has 0 aliphatic heterocycles. The molecule has 6 heteroatoms. The Morgan fingerprint density at radius 3 is 2.64 bits per heavy atom. The highest BCUT2D eigenvalue weighted by molar-refractivity contribution is 7.17. The molecule has 5 nitrogen and oxygen atoms in total. The molecule has 0 bridgehead atoms. The van der Waals surface area contributed by atoms with Crippen LogP contribution < -0.4 is 10.2 Å². The van der Waals surface area contributed by atoms with Crippen molar-refractivity contribution in [1.82, 2.24) is 10.4 Å². The van der Waals surface area contributed by atoms with E-state index in [4.69, 9.17) is 4.74 Å². The van der Waals surface area contributed by atoms with E-state index in [1.807, 2.05) is 61.5 Å². The summed E-state index contributed by atoms with van der Waals surface area (Å²) in [6.07, 6.45) is 3.76. The van der Waals surface area contributed by atoms with E-state index in [9.17, 15) is 4.79 Å². The zero-order chi connectivity index (χ0) is 19.8. The molecule has 1 N–H and O–H groups in total. The van der Waals surface area contributed by atoms with Gasteiger partial charge in [-0.05, 0) is 43.2 Å². The molecule has 0 radical (unpaired) electrons. The van der Waals surface area contributed by atoms with Crippen LogP contribution in [-0.4, -0.2) is 23.7 Å². The number of nitrogens with one attached hydrogen (secondary N) is 1. The summed E-state index contributed by atoms with van der Waals surface area (Å²) in [5, 5.41) is 4.88. The molecular formula is C22H23N3O2S. The van der Waals surface area contributed by atoms with Crippen molar-refractivity contribution in [2.45, 2.75) is 26.7 Å². The van der Waals surface area contributed by atoms with Crippen molar-refractivity contribution in [2.75, 3.05) is 6.61 Å². The summed E-state index contributed by atoms with van der Waals surface area (Å²) in [7, 11) is 0. The van der Waals surface area contributed by atoms with Gasteiger partial charge in [-0.25, -0.2) is 10.4 Å². The average molecular weight is 394 g/mol. The topological polar surface area (TPSA) is 63.6 Å². The lowest BCUT2D eigenvalue weighted by atomic mass is 10.2. The maximum absolute atomic E-state index is 12.4. The quantitative estimate of drug-likeness (QED) is 0.330. The number of aryl methyl sites for hydroxylation is 1. The van der Waals surface area contributed by atoms with E-state index < -0.39 is 0 Å². The number of carbonyl (C=O) groups is 1. The first-order valence-corrected chi connectivity index (χ1v) is 10.1. The van der Waals surface area contributed by atoms with E-state index in [2.05, 4.69) is 22.4 Å². The molecule has 3 aromatic rings. The fourth-order valence-electron chi connectivity index (χ4n) is 2.51. The van der Waals surface area contributed by atoms with E-state index in [0.29, 0.717) is 10.6 Å². The van der Waals surface area contributed by atoms with Gasteiger partial charge in [0.15, 0.2) is 0 Å².